The van der Waals surface area contributed by atoms with E-state index in [1.54, 1.807) is 6.07 Å². The number of hydrogen-bond donors (Lipinski definition) is 2. The Kier molecular flexibility index (Phi) is 6.32. The quantitative estimate of drug-likeness (QED) is 0.805. The van der Waals surface area contributed by atoms with Crippen molar-refractivity contribution >= 4 is 27.5 Å². The van der Waals surface area contributed by atoms with Crippen molar-refractivity contribution in [2.75, 3.05) is 11.9 Å². The van der Waals surface area contributed by atoms with Crippen LogP contribution in [0.3, 0.4) is 0 Å². The number of nitrogens with one attached hydrogen (secondary N) is 2. The molecule has 1 rings (SSSR count). The Balaban J connectivity index is 2.72. The van der Waals surface area contributed by atoms with E-state index in [2.05, 4.69) is 31.3 Å². The maximum Gasteiger partial charge on any atom is 0.573 e. The third-order valence-corrected chi connectivity index (χ3v) is 3.12. The van der Waals surface area contributed by atoms with Crippen LogP contribution in [0.2, 0.25) is 0 Å². The molecule has 0 aliphatic carbocycles. The molecule has 21 heavy (non-hydrogen) atoms. The molecule has 1 atom stereocenters. The van der Waals surface area contributed by atoms with Crippen LogP contribution >= 0.6 is 15.9 Å². The smallest absolute Gasteiger partial charge is 0.404 e. The van der Waals surface area contributed by atoms with Crippen molar-refractivity contribution < 1.29 is 22.7 Å². The van der Waals surface area contributed by atoms with Gasteiger partial charge in [0, 0.05) is 10.5 Å². The van der Waals surface area contributed by atoms with Crippen molar-refractivity contribution in [1.82, 2.24) is 5.32 Å². The van der Waals surface area contributed by atoms with Crippen LogP contribution in [0, 0.1) is 0 Å². The third-order valence-electron chi connectivity index (χ3n) is 2.63. The van der Waals surface area contributed by atoms with Gasteiger partial charge in [0.25, 0.3) is 0 Å². The first-order valence-electron chi connectivity index (χ1n) is 6.29. The molecule has 0 bridgehead atoms. The standard InChI is InChI=1S/C13H16BrF3N2O2/c1-3-8(2)19-12(20)7-18-10-5-4-9(14)6-11(10)21-13(15,16)17/h4-6,8,18H,3,7H2,1-2H3,(H,19,20). The SMILES string of the molecule is CCC(C)NC(=O)CNc1ccc(Br)cc1OC(F)(F)F. The number of alkyl halides is 3. The predicted molar refractivity (Wildman–Crippen MR) is 77.2 cm³/mol. The van der Waals surface area contributed by atoms with E-state index >= 15 is 0 Å². The van der Waals surface area contributed by atoms with Gasteiger partial charge in [-0.3, -0.25) is 4.79 Å². The molecule has 1 unspecified atom stereocenters. The average Bonchev–Trinajstić information content (AvgIpc) is 2.35. The zero-order chi connectivity index (χ0) is 16.0. The minimum Gasteiger partial charge on any atom is -0.404 e. The molecule has 0 fully saturated rings. The van der Waals surface area contributed by atoms with Crippen LogP contribution in [-0.2, 0) is 4.79 Å². The molecule has 0 aliphatic rings. The highest BCUT2D eigenvalue weighted by Gasteiger charge is 2.32. The number of anilines is 1. The topological polar surface area (TPSA) is 50.4 Å². The van der Waals surface area contributed by atoms with Crippen molar-refractivity contribution in [3.8, 4) is 5.75 Å². The lowest BCUT2D eigenvalue weighted by Gasteiger charge is -2.16. The number of ether oxygens (including phenoxy) is 1. The Bertz CT molecular complexity index is 495. The summed E-state index contributed by atoms with van der Waals surface area (Å²) < 4.78 is 41.3. The van der Waals surface area contributed by atoms with E-state index < -0.39 is 12.1 Å². The predicted octanol–water partition coefficient (Wildman–Crippen LogP) is 3.67. The van der Waals surface area contributed by atoms with Gasteiger partial charge < -0.3 is 15.4 Å². The normalized spacial score (nSPS) is 12.7. The van der Waals surface area contributed by atoms with Gasteiger partial charge in [0.1, 0.15) is 0 Å². The Labute approximate surface area is 129 Å². The van der Waals surface area contributed by atoms with E-state index in [4.69, 9.17) is 0 Å². The Morgan fingerprint density at radius 3 is 2.67 bits per heavy atom. The fraction of sp³-hybridized carbons (Fsp3) is 0.462. The first kappa shape index (κ1) is 17.6. The monoisotopic (exact) mass is 368 g/mol. The highest BCUT2D eigenvalue weighted by molar-refractivity contribution is 9.10. The highest BCUT2D eigenvalue weighted by atomic mass is 79.9. The maximum atomic E-state index is 12.3. The van der Waals surface area contributed by atoms with Crippen molar-refractivity contribution in [2.45, 2.75) is 32.7 Å². The summed E-state index contributed by atoms with van der Waals surface area (Å²) >= 11 is 3.07. The molecule has 0 saturated carbocycles. The molecule has 0 heterocycles. The zero-order valence-electron chi connectivity index (χ0n) is 11.6. The molecule has 2 N–H and O–H groups in total. The van der Waals surface area contributed by atoms with E-state index in [-0.39, 0.29) is 24.2 Å². The second kappa shape index (κ2) is 7.53. The highest BCUT2D eigenvalue weighted by Crippen LogP contribution is 2.32. The molecule has 4 nitrogen and oxygen atoms in total. The van der Waals surface area contributed by atoms with E-state index in [9.17, 15) is 18.0 Å². The molecule has 8 heteroatoms. The molecule has 1 aromatic carbocycles. The van der Waals surface area contributed by atoms with Gasteiger partial charge in [-0.2, -0.15) is 0 Å². The fourth-order valence-electron chi connectivity index (χ4n) is 1.45. The fourth-order valence-corrected chi connectivity index (χ4v) is 1.79. The van der Waals surface area contributed by atoms with Gasteiger partial charge in [-0.15, -0.1) is 13.2 Å². The lowest BCUT2D eigenvalue weighted by molar-refractivity contribution is -0.274. The molecular weight excluding hydrogens is 353 g/mol. The zero-order valence-corrected chi connectivity index (χ0v) is 13.1. The van der Waals surface area contributed by atoms with Gasteiger partial charge in [0.15, 0.2) is 5.75 Å². The van der Waals surface area contributed by atoms with E-state index in [1.165, 1.54) is 12.1 Å². The Morgan fingerprint density at radius 1 is 1.43 bits per heavy atom. The summed E-state index contributed by atoms with van der Waals surface area (Å²) in [5.74, 6) is -0.696. The van der Waals surface area contributed by atoms with Crippen molar-refractivity contribution in [3.05, 3.63) is 22.7 Å². The molecule has 0 aromatic heterocycles. The van der Waals surface area contributed by atoms with Gasteiger partial charge in [0.2, 0.25) is 5.91 Å². The van der Waals surface area contributed by atoms with E-state index in [1.807, 2.05) is 13.8 Å². The van der Waals surface area contributed by atoms with Crippen LogP contribution in [0.5, 0.6) is 5.75 Å². The van der Waals surface area contributed by atoms with Crippen LogP contribution in [0.25, 0.3) is 0 Å². The second-order valence-corrected chi connectivity index (χ2v) is 5.33. The maximum absolute atomic E-state index is 12.3. The molecule has 118 valence electrons. The van der Waals surface area contributed by atoms with Crippen molar-refractivity contribution in [2.24, 2.45) is 0 Å². The Hall–Kier alpha value is -1.44. The van der Waals surface area contributed by atoms with Gasteiger partial charge in [-0.25, -0.2) is 0 Å². The number of amides is 1. The summed E-state index contributed by atoms with van der Waals surface area (Å²) in [6.45, 7) is 3.62. The summed E-state index contributed by atoms with van der Waals surface area (Å²) in [6.07, 6.45) is -4.03. The number of benzene rings is 1. The summed E-state index contributed by atoms with van der Waals surface area (Å²) in [7, 11) is 0. The number of carbonyl (C=O) groups is 1. The molecule has 1 amide bonds. The summed E-state index contributed by atoms with van der Waals surface area (Å²) in [6, 6.07) is 4.15. The summed E-state index contributed by atoms with van der Waals surface area (Å²) in [5.41, 5.74) is 0.0924. The average molecular weight is 369 g/mol. The minimum atomic E-state index is -4.80. The number of rotatable bonds is 6. The number of carbonyl (C=O) groups excluding carboxylic acids is 1. The lowest BCUT2D eigenvalue weighted by atomic mass is 10.2. The molecule has 1 aromatic rings. The summed E-state index contributed by atoms with van der Waals surface area (Å²) in [4.78, 5) is 11.6. The third kappa shape index (κ3) is 6.70. The van der Waals surface area contributed by atoms with Crippen molar-refractivity contribution in [1.29, 1.82) is 0 Å². The Morgan fingerprint density at radius 2 is 2.10 bits per heavy atom. The minimum absolute atomic E-state index is 0.00936. The van der Waals surface area contributed by atoms with Crippen LogP contribution < -0.4 is 15.4 Å². The molecule has 0 radical (unpaired) electrons. The first-order valence-corrected chi connectivity index (χ1v) is 7.09. The first-order chi connectivity index (χ1) is 9.71. The second-order valence-electron chi connectivity index (χ2n) is 4.42. The van der Waals surface area contributed by atoms with Crippen molar-refractivity contribution in [3.63, 3.8) is 0 Å². The van der Waals surface area contributed by atoms with Gasteiger partial charge in [0.05, 0.1) is 12.2 Å². The number of hydrogen-bond acceptors (Lipinski definition) is 3. The van der Waals surface area contributed by atoms with Crippen LogP contribution in [0.4, 0.5) is 18.9 Å². The van der Waals surface area contributed by atoms with E-state index in [0.29, 0.717) is 4.47 Å². The van der Waals surface area contributed by atoms with Crippen LogP contribution in [-0.4, -0.2) is 24.9 Å². The molecule has 0 spiro atoms. The molecular formula is C13H16BrF3N2O2. The largest absolute Gasteiger partial charge is 0.573 e. The number of halogens is 4. The molecule has 0 aliphatic heterocycles. The molecule has 0 saturated heterocycles. The van der Waals surface area contributed by atoms with Gasteiger partial charge >= 0.3 is 6.36 Å². The van der Waals surface area contributed by atoms with Gasteiger partial charge in [-0.1, -0.05) is 22.9 Å². The van der Waals surface area contributed by atoms with Crippen LogP contribution in [0.1, 0.15) is 20.3 Å². The summed E-state index contributed by atoms with van der Waals surface area (Å²) in [5, 5.41) is 5.34. The van der Waals surface area contributed by atoms with E-state index in [0.717, 1.165) is 6.42 Å². The van der Waals surface area contributed by atoms with Crippen LogP contribution in [0.15, 0.2) is 22.7 Å². The van der Waals surface area contributed by atoms with Gasteiger partial charge in [-0.05, 0) is 31.5 Å². The lowest BCUT2D eigenvalue weighted by Crippen LogP contribution is -2.36.